The topological polar surface area (TPSA) is 50.1 Å². The number of benzene rings is 1. The van der Waals surface area contributed by atoms with Gasteiger partial charge in [-0.1, -0.05) is 12.2 Å². The molecule has 0 bridgehead atoms. The maximum atomic E-state index is 13.6. The predicted molar refractivity (Wildman–Crippen MR) is 92.7 cm³/mol. The van der Waals surface area contributed by atoms with Gasteiger partial charge in [0.05, 0.1) is 0 Å². The minimum atomic E-state index is -0.184. The van der Waals surface area contributed by atoms with E-state index >= 15 is 0 Å². The van der Waals surface area contributed by atoms with E-state index in [-0.39, 0.29) is 5.82 Å². The number of aryl methyl sites for hydroxylation is 1. The monoisotopic (exact) mass is 309 g/mol. The molecule has 1 aromatic rings. The lowest BCUT2D eigenvalue weighted by atomic mass is 9.94. The smallest absolute Gasteiger partial charge is 0.126 e. The molecule has 4 N–H and O–H groups in total. The molecule has 1 aromatic carbocycles. The number of dihydropyridines is 2. The summed E-state index contributed by atoms with van der Waals surface area (Å²) in [7, 11) is 0. The molecule has 2 aliphatic rings. The van der Waals surface area contributed by atoms with Gasteiger partial charge in [-0.15, -0.1) is 0 Å². The quantitative estimate of drug-likeness (QED) is 0.805. The number of rotatable bonds is 3. The van der Waals surface area contributed by atoms with Crippen LogP contribution in [0.5, 0.6) is 0 Å². The first-order valence-corrected chi connectivity index (χ1v) is 7.65. The van der Waals surface area contributed by atoms with Crippen LogP contribution in [-0.2, 0) is 0 Å². The van der Waals surface area contributed by atoms with Crippen molar-refractivity contribution in [1.82, 2.24) is 10.6 Å². The Morgan fingerprint density at radius 3 is 2.96 bits per heavy atom. The summed E-state index contributed by atoms with van der Waals surface area (Å²) in [5, 5.41) is 6.58. The third-order valence-electron chi connectivity index (χ3n) is 3.87. The summed E-state index contributed by atoms with van der Waals surface area (Å²) in [6.45, 7) is 3.02. The number of nitrogens with two attached hydrogens (primary N) is 1. The molecule has 0 radical (unpaired) electrons. The van der Waals surface area contributed by atoms with E-state index in [9.17, 15) is 4.39 Å². The highest BCUT2D eigenvalue weighted by molar-refractivity contribution is 5.77. The number of nitrogens with one attached hydrogen (secondary N) is 2. The van der Waals surface area contributed by atoms with E-state index in [0.29, 0.717) is 12.1 Å². The van der Waals surface area contributed by atoms with Crippen molar-refractivity contribution < 1.29 is 4.39 Å². The molecule has 0 saturated carbocycles. The molecule has 0 fully saturated rings. The normalized spacial score (nSPS) is 18.7. The zero-order chi connectivity index (χ0) is 16.2. The van der Waals surface area contributed by atoms with Gasteiger partial charge in [0.2, 0.25) is 0 Å². The zero-order valence-electron chi connectivity index (χ0n) is 13.1. The Morgan fingerprint density at radius 2 is 2.17 bits per heavy atom. The molecular formula is C19H20FN3. The van der Waals surface area contributed by atoms with Gasteiger partial charge in [0.25, 0.3) is 0 Å². The summed E-state index contributed by atoms with van der Waals surface area (Å²) in [5.74, 6) is -0.184. The van der Waals surface area contributed by atoms with Crippen LogP contribution in [0.3, 0.4) is 0 Å². The van der Waals surface area contributed by atoms with Crippen molar-refractivity contribution in [2.45, 2.75) is 6.92 Å². The van der Waals surface area contributed by atoms with Crippen LogP contribution in [0.15, 0.2) is 71.6 Å². The fraction of sp³-hybridized carbons (Fsp3) is 0.158. The third-order valence-corrected chi connectivity index (χ3v) is 3.87. The van der Waals surface area contributed by atoms with Gasteiger partial charge in [0.1, 0.15) is 5.82 Å². The van der Waals surface area contributed by atoms with Crippen molar-refractivity contribution in [3.05, 3.63) is 88.6 Å². The third kappa shape index (κ3) is 3.27. The first-order chi connectivity index (χ1) is 11.2. The standard InChI is InChI=1S/C19H20FN3/c1-13-11-15(4-5-18(13)20)19-17(3-2-9-23-19)14-7-10-22-16(12-14)6-8-21/h2-7,10-12,22-23H,8-9,21H2,1H3/b16-6-. The Kier molecular flexibility index (Phi) is 4.44. The van der Waals surface area contributed by atoms with E-state index < -0.39 is 0 Å². The minimum Gasteiger partial charge on any atom is -0.381 e. The van der Waals surface area contributed by atoms with Crippen LogP contribution in [-0.4, -0.2) is 13.1 Å². The summed E-state index contributed by atoms with van der Waals surface area (Å²) in [5.41, 5.74) is 11.4. The molecule has 2 aliphatic heterocycles. The first kappa shape index (κ1) is 15.3. The van der Waals surface area contributed by atoms with E-state index in [4.69, 9.17) is 5.73 Å². The summed E-state index contributed by atoms with van der Waals surface area (Å²) < 4.78 is 13.6. The maximum Gasteiger partial charge on any atom is 0.126 e. The molecule has 0 aromatic heterocycles. The highest BCUT2D eigenvalue weighted by Crippen LogP contribution is 2.28. The molecule has 0 saturated heterocycles. The Hall–Kier alpha value is -2.59. The summed E-state index contributed by atoms with van der Waals surface area (Å²) in [4.78, 5) is 0. The molecule has 4 heteroatoms. The molecule has 0 atom stereocenters. The van der Waals surface area contributed by atoms with Crippen LogP contribution in [0, 0.1) is 12.7 Å². The fourth-order valence-electron chi connectivity index (χ4n) is 2.71. The van der Waals surface area contributed by atoms with Gasteiger partial charge >= 0.3 is 0 Å². The SMILES string of the molecule is Cc1cc(C2=C(C3=C/C(=C/CN)NC=C3)C=CCN2)ccc1F. The molecule has 0 unspecified atom stereocenters. The highest BCUT2D eigenvalue weighted by Gasteiger charge is 2.15. The van der Waals surface area contributed by atoms with Gasteiger partial charge in [-0.05, 0) is 60.1 Å². The lowest BCUT2D eigenvalue weighted by molar-refractivity contribution is 0.618. The van der Waals surface area contributed by atoms with E-state index in [1.807, 2.05) is 30.5 Å². The predicted octanol–water partition coefficient (Wildman–Crippen LogP) is 2.89. The Bertz CT molecular complexity index is 767. The molecule has 3 rings (SSSR count). The largest absolute Gasteiger partial charge is 0.381 e. The van der Waals surface area contributed by atoms with E-state index in [2.05, 4.69) is 28.9 Å². The number of halogens is 1. The molecule has 0 amide bonds. The number of allylic oxidation sites excluding steroid dienone is 5. The van der Waals surface area contributed by atoms with Crippen LogP contribution >= 0.6 is 0 Å². The summed E-state index contributed by atoms with van der Waals surface area (Å²) in [6, 6.07) is 5.20. The van der Waals surface area contributed by atoms with Crippen molar-refractivity contribution >= 4 is 5.70 Å². The van der Waals surface area contributed by atoms with Crippen molar-refractivity contribution in [3.63, 3.8) is 0 Å². The van der Waals surface area contributed by atoms with Crippen molar-refractivity contribution in [2.75, 3.05) is 13.1 Å². The highest BCUT2D eigenvalue weighted by atomic mass is 19.1. The average Bonchev–Trinajstić information content (AvgIpc) is 2.58. The lowest BCUT2D eigenvalue weighted by Gasteiger charge is -2.21. The Morgan fingerprint density at radius 1 is 1.30 bits per heavy atom. The average molecular weight is 309 g/mol. The second-order valence-corrected chi connectivity index (χ2v) is 5.51. The molecular weight excluding hydrogens is 289 g/mol. The van der Waals surface area contributed by atoms with Crippen molar-refractivity contribution in [1.29, 1.82) is 0 Å². The second kappa shape index (κ2) is 6.67. The Labute approximate surface area is 135 Å². The van der Waals surface area contributed by atoms with Gasteiger partial charge in [0.15, 0.2) is 0 Å². The summed E-state index contributed by atoms with van der Waals surface area (Å²) >= 11 is 0. The summed E-state index contributed by atoms with van der Waals surface area (Å²) in [6.07, 6.45) is 12.1. The van der Waals surface area contributed by atoms with Crippen LogP contribution < -0.4 is 16.4 Å². The van der Waals surface area contributed by atoms with Crippen LogP contribution in [0.2, 0.25) is 0 Å². The van der Waals surface area contributed by atoms with E-state index in [1.54, 1.807) is 6.92 Å². The fourth-order valence-corrected chi connectivity index (χ4v) is 2.71. The number of hydrogen-bond donors (Lipinski definition) is 3. The van der Waals surface area contributed by atoms with Crippen molar-refractivity contribution in [2.24, 2.45) is 5.73 Å². The first-order valence-electron chi connectivity index (χ1n) is 7.65. The molecule has 0 spiro atoms. The molecule has 2 heterocycles. The molecule has 0 aliphatic carbocycles. The lowest BCUT2D eigenvalue weighted by Crippen LogP contribution is -2.19. The van der Waals surface area contributed by atoms with E-state index in [1.165, 1.54) is 6.07 Å². The van der Waals surface area contributed by atoms with Gasteiger partial charge in [-0.2, -0.15) is 0 Å². The van der Waals surface area contributed by atoms with Gasteiger partial charge in [-0.3, -0.25) is 0 Å². The van der Waals surface area contributed by atoms with E-state index in [0.717, 1.165) is 34.6 Å². The van der Waals surface area contributed by atoms with Gasteiger partial charge < -0.3 is 16.4 Å². The van der Waals surface area contributed by atoms with Crippen LogP contribution in [0.25, 0.3) is 5.70 Å². The van der Waals surface area contributed by atoms with Crippen molar-refractivity contribution in [3.8, 4) is 0 Å². The Balaban J connectivity index is 2.08. The van der Waals surface area contributed by atoms with Crippen LogP contribution in [0.4, 0.5) is 4.39 Å². The number of hydrogen-bond acceptors (Lipinski definition) is 3. The second-order valence-electron chi connectivity index (χ2n) is 5.51. The van der Waals surface area contributed by atoms with Gasteiger partial charge in [0, 0.05) is 36.3 Å². The maximum absolute atomic E-state index is 13.6. The molecule has 23 heavy (non-hydrogen) atoms. The molecule has 3 nitrogen and oxygen atoms in total. The van der Waals surface area contributed by atoms with Gasteiger partial charge in [-0.25, -0.2) is 4.39 Å². The molecule has 118 valence electrons. The minimum absolute atomic E-state index is 0.184. The zero-order valence-corrected chi connectivity index (χ0v) is 13.1. The van der Waals surface area contributed by atoms with Crippen LogP contribution in [0.1, 0.15) is 11.1 Å².